The lowest BCUT2D eigenvalue weighted by Crippen LogP contribution is -2.51. The average Bonchev–Trinajstić information content (AvgIpc) is 2.14. The number of hydrogen-bond donors (Lipinski definition) is 2. The maximum absolute atomic E-state index is 9.85. The fourth-order valence-electron chi connectivity index (χ4n) is 2.75. The van der Waals surface area contributed by atoms with Gasteiger partial charge < -0.3 is 10.8 Å². The Morgan fingerprint density at radius 1 is 1.07 bits per heavy atom. The zero-order valence-electron chi connectivity index (χ0n) is 10.9. The highest BCUT2D eigenvalue weighted by Crippen LogP contribution is 2.31. The zero-order chi connectivity index (χ0) is 11.9. The van der Waals surface area contributed by atoms with Crippen molar-refractivity contribution in [3.05, 3.63) is 0 Å². The molecule has 3 N–H and O–H groups in total. The van der Waals surface area contributed by atoms with Crippen molar-refractivity contribution in [2.75, 3.05) is 0 Å². The van der Waals surface area contributed by atoms with Gasteiger partial charge in [-0.05, 0) is 26.2 Å². The van der Waals surface area contributed by atoms with E-state index in [9.17, 15) is 5.11 Å². The van der Waals surface area contributed by atoms with Gasteiger partial charge in [0, 0.05) is 11.5 Å². The predicted molar refractivity (Wildman–Crippen MR) is 66.8 cm³/mol. The standard InChI is InChI=1S/C13H29NO/c1-5-8-12(11(4)15)13(14,9-6-2)10-7-3/h11-12,15H,5-10,14H2,1-4H3. The minimum atomic E-state index is -0.284. The highest BCUT2D eigenvalue weighted by atomic mass is 16.3. The Hall–Kier alpha value is -0.0800. The second kappa shape index (κ2) is 7.24. The van der Waals surface area contributed by atoms with Crippen molar-refractivity contribution in [2.24, 2.45) is 11.7 Å². The van der Waals surface area contributed by atoms with Crippen LogP contribution in [-0.4, -0.2) is 16.7 Å². The van der Waals surface area contributed by atoms with Crippen molar-refractivity contribution < 1.29 is 5.11 Å². The van der Waals surface area contributed by atoms with Crippen molar-refractivity contribution >= 4 is 0 Å². The first-order valence-electron chi connectivity index (χ1n) is 6.48. The van der Waals surface area contributed by atoms with Gasteiger partial charge in [-0.25, -0.2) is 0 Å². The Bertz CT molecular complexity index is 151. The van der Waals surface area contributed by atoms with Crippen LogP contribution in [0.15, 0.2) is 0 Å². The van der Waals surface area contributed by atoms with Crippen molar-refractivity contribution in [1.29, 1.82) is 0 Å². The average molecular weight is 215 g/mol. The van der Waals surface area contributed by atoms with Gasteiger partial charge in [0.15, 0.2) is 0 Å². The molecule has 2 nitrogen and oxygen atoms in total. The third kappa shape index (κ3) is 4.52. The zero-order valence-corrected chi connectivity index (χ0v) is 10.9. The molecule has 0 aromatic carbocycles. The minimum Gasteiger partial charge on any atom is -0.393 e. The van der Waals surface area contributed by atoms with E-state index in [0.29, 0.717) is 0 Å². The maximum Gasteiger partial charge on any atom is 0.0557 e. The number of aliphatic hydroxyl groups is 1. The molecule has 0 bridgehead atoms. The van der Waals surface area contributed by atoms with E-state index in [2.05, 4.69) is 20.8 Å². The van der Waals surface area contributed by atoms with Crippen LogP contribution in [0.1, 0.15) is 66.2 Å². The second-order valence-electron chi connectivity index (χ2n) is 4.87. The molecule has 0 radical (unpaired) electrons. The molecular weight excluding hydrogens is 186 g/mol. The van der Waals surface area contributed by atoms with Gasteiger partial charge in [0.2, 0.25) is 0 Å². The summed E-state index contributed by atoms with van der Waals surface area (Å²) in [5.74, 6) is 0.252. The van der Waals surface area contributed by atoms with Crippen molar-refractivity contribution in [1.82, 2.24) is 0 Å². The molecule has 0 aromatic heterocycles. The number of hydrogen-bond acceptors (Lipinski definition) is 2. The Morgan fingerprint density at radius 3 is 1.80 bits per heavy atom. The Balaban J connectivity index is 4.64. The molecule has 2 unspecified atom stereocenters. The summed E-state index contributed by atoms with van der Waals surface area (Å²) in [5.41, 5.74) is 6.33. The third-order valence-corrected chi connectivity index (χ3v) is 3.35. The van der Waals surface area contributed by atoms with E-state index < -0.39 is 0 Å². The summed E-state index contributed by atoms with van der Waals surface area (Å²) in [7, 11) is 0. The fourth-order valence-corrected chi connectivity index (χ4v) is 2.75. The number of aliphatic hydroxyl groups excluding tert-OH is 1. The number of rotatable bonds is 8. The van der Waals surface area contributed by atoms with Gasteiger partial charge in [-0.1, -0.05) is 40.0 Å². The van der Waals surface area contributed by atoms with E-state index >= 15 is 0 Å². The first-order chi connectivity index (χ1) is 7.01. The maximum atomic E-state index is 9.85. The summed E-state index contributed by atoms with van der Waals surface area (Å²) >= 11 is 0. The van der Waals surface area contributed by atoms with E-state index in [4.69, 9.17) is 5.73 Å². The van der Waals surface area contributed by atoms with Crippen LogP contribution in [0.2, 0.25) is 0 Å². The van der Waals surface area contributed by atoms with E-state index in [0.717, 1.165) is 38.5 Å². The topological polar surface area (TPSA) is 46.2 Å². The molecule has 15 heavy (non-hydrogen) atoms. The van der Waals surface area contributed by atoms with Crippen LogP contribution in [0, 0.1) is 5.92 Å². The van der Waals surface area contributed by atoms with Gasteiger partial charge in [0.25, 0.3) is 0 Å². The first kappa shape index (κ1) is 14.9. The SMILES string of the molecule is CCCC(C(C)O)C(N)(CCC)CCC. The Morgan fingerprint density at radius 2 is 1.53 bits per heavy atom. The molecular formula is C13H29NO. The molecule has 0 heterocycles. The molecule has 0 aliphatic heterocycles. The van der Waals surface area contributed by atoms with Crippen molar-refractivity contribution in [3.63, 3.8) is 0 Å². The van der Waals surface area contributed by atoms with E-state index in [-0.39, 0.29) is 17.6 Å². The lowest BCUT2D eigenvalue weighted by Gasteiger charge is -2.39. The van der Waals surface area contributed by atoms with E-state index in [1.807, 2.05) is 6.92 Å². The summed E-state index contributed by atoms with van der Waals surface area (Å²) in [5, 5.41) is 9.85. The molecule has 2 heteroatoms. The normalized spacial score (nSPS) is 16.4. The summed E-state index contributed by atoms with van der Waals surface area (Å²) in [6.45, 7) is 8.38. The van der Waals surface area contributed by atoms with Gasteiger partial charge >= 0.3 is 0 Å². The van der Waals surface area contributed by atoms with Gasteiger partial charge in [-0.15, -0.1) is 0 Å². The molecule has 0 fully saturated rings. The van der Waals surface area contributed by atoms with Gasteiger partial charge in [-0.2, -0.15) is 0 Å². The molecule has 0 saturated heterocycles. The molecule has 0 saturated carbocycles. The smallest absolute Gasteiger partial charge is 0.0557 e. The molecule has 0 aliphatic rings. The molecule has 0 rings (SSSR count). The van der Waals surface area contributed by atoms with Gasteiger partial charge in [0.1, 0.15) is 0 Å². The quantitative estimate of drug-likeness (QED) is 0.653. The van der Waals surface area contributed by atoms with Crippen LogP contribution in [0.3, 0.4) is 0 Å². The molecule has 0 spiro atoms. The highest BCUT2D eigenvalue weighted by Gasteiger charge is 2.35. The van der Waals surface area contributed by atoms with Gasteiger partial charge in [-0.3, -0.25) is 0 Å². The van der Waals surface area contributed by atoms with E-state index in [1.165, 1.54) is 0 Å². The van der Waals surface area contributed by atoms with Crippen LogP contribution >= 0.6 is 0 Å². The van der Waals surface area contributed by atoms with Crippen LogP contribution in [0.4, 0.5) is 0 Å². The highest BCUT2D eigenvalue weighted by molar-refractivity contribution is 4.92. The lowest BCUT2D eigenvalue weighted by atomic mass is 9.73. The summed E-state index contributed by atoms with van der Waals surface area (Å²) in [6.07, 6.45) is 6.10. The van der Waals surface area contributed by atoms with E-state index in [1.54, 1.807) is 0 Å². The number of nitrogens with two attached hydrogens (primary N) is 1. The van der Waals surface area contributed by atoms with Crippen LogP contribution in [0.5, 0.6) is 0 Å². The second-order valence-corrected chi connectivity index (χ2v) is 4.87. The molecule has 92 valence electrons. The lowest BCUT2D eigenvalue weighted by molar-refractivity contribution is 0.0564. The Labute approximate surface area is 95.3 Å². The predicted octanol–water partition coefficient (Wildman–Crippen LogP) is 3.08. The van der Waals surface area contributed by atoms with Crippen LogP contribution < -0.4 is 5.73 Å². The summed E-state index contributed by atoms with van der Waals surface area (Å²) < 4.78 is 0. The first-order valence-corrected chi connectivity index (χ1v) is 6.48. The summed E-state index contributed by atoms with van der Waals surface area (Å²) in [4.78, 5) is 0. The minimum absolute atomic E-state index is 0.159. The van der Waals surface area contributed by atoms with Crippen LogP contribution in [0.25, 0.3) is 0 Å². The van der Waals surface area contributed by atoms with Crippen molar-refractivity contribution in [2.45, 2.75) is 77.9 Å². The third-order valence-electron chi connectivity index (χ3n) is 3.35. The molecule has 2 atom stereocenters. The molecule has 0 aliphatic carbocycles. The molecule has 0 aromatic rings. The largest absolute Gasteiger partial charge is 0.393 e. The monoisotopic (exact) mass is 215 g/mol. The van der Waals surface area contributed by atoms with Crippen molar-refractivity contribution in [3.8, 4) is 0 Å². The summed E-state index contributed by atoms with van der Waals surface area (Å²) in [6, 6.07) is 0. The van der Waals surface area contributed by atoms with Gasteiger partial charge in [0.05, 0.1) is 6.10 Å². The Kier molecular flexibility index (Phi) is 7.20. The fraction of sp³-hybridized carbons (Fsp3) is 1.00. The van der Waals surface area contributed by atoms with Crippen LogP contribution in [-0.2, 0) is 0 Å². The molecule has 0 amide bonds.